The Hall–Kier alpha value is -2.53. The highest BCUT2D eigenvalue weighted by Crippen LogP contribution is 2.34. The third-order valence-corrected chi connectivity index (χ3v) is 3.57. The monoisotopic (exact) mass is 283 g/mol. The van der Waals surface area contributed by atoms with Gasteiger partial charge in [0.15, 0.2) is 6.10 Å². The molecule has 0 bridgehead atoms. The average molecular weight is 283 g/mol. The summed E-state index contributed by atoms with van der Waals surface area (Å²) in [6.45, 7) is 4.97. The van der Waals surface area contributed by atoms with Crippen LogP contribution in [0.1, 0.15) is 25.8 Å². The summed E-state index contributed by atoms with van der Waals surface area (Å²) >= 11 is 0. The number of amides is 1. The van der Waals surface area contributed by atoms with E-state index in [-0.39, 0.29) is 11.3 Å². The Kier molecular flexibility index (Phi) is 4.14. The van der Waals surface area contributed by atoms with Gasteiger partial charge in [0, 0.05) is 18.5 Å². The van der Waals surface area contributed by atoms with Crippen molar-refractivity contribution in [2.45, 2.75) is 26.4 Å². The lowest BCUT2D eigenvalue weighted by molar-refractivity contribution is -0.134. The van der Waals surface area contributed by atoms with Crippen LogP contribution in [0.15, 0.2) is 24.3 Å². The molecule has 2 rings (SSSR count). The maximum atomic E-state index is 12.4. The molecule has 1 aromatic rings. The van der Waals surface area contributed by atoms with Gasteiger partial charge in [-0.25, -0.2) is 0 Å². The highest BCUT2D eigenvalue weighted by Gasteiger charge is 2.47. The second-order valence-corrected chi connectivity index (χ2v) is 5.79. The van der Waals surface area contributed by atoms with E-state index in [1.54, 1.807) is 29.2 Å². The first-order valence-electron chi connectivity index (χ1n) is 6.80. The van der Waals surface area contributed by atoms with E-state index in [9.17, 15) is 4.79 Å². The topological polar surface area (TPSA) is 77.1 Å². The van der Waals surface area contributed by atoms with Crippen molar-refractivity contribution in [2.24, 2.45) is 5.41 Å². The molecule has 0 aromatic heterocycles. The van der Waals surface area contributed by atoms with Crippen LogP contribution in [0, 0.1) is 28.1 Å². The summed E-state index contributed by atoms with van der Waals surface area (Å²) in [6, 6.07) is 10.8. The normalized spacial score (nSPS) is 19.9. The molecule has 0 radical (unpaired) electrons. The number of hydrogen-bond acceptors (Lipinski definition) is 4. The molecule has 21 heavy (non-hydrogen) atoms. The number of hydrogen-bond donors (Lipinski definition) is 0. The van der Waals surface area contributed by atoms with Gasteiger partial charge < -0.3 is 9.64 Å². The van der Waals surface area contributed by atoms with E-state index in [4.69, 9.17) is 15.3 Å². The van der Waals surface area contributed by atoms with Gasteiger partial charge >= 0.3 is 0 Å². The molecule has 1 amide bonds. The third-order valence-electron chi connectivity index (χ3n) is 3.57. The van der Waals surface area contributed by atoms with E-state index in [2.05, 4.69) is 6.07 Å². The third kappa shape index (κ3) is 3.14. The number of likely N-dealkylation sites (tertiary alicyclic amines) is 1. The average Bonchev–Trinajstić information content (AvgIpc) is 2.69. The minimum absolute atomic E-state index is 0.0837. The van der Waals surface area contributed by atoms with Crippen LogP contribution >= 0.6 is 0 Å². The molecule has 0 saturated carbocycles. The largest absolute Gasteiger partial charge is 0.480 e. The van der Waals surface area contributed by atoms with Gasteiger partial charge in [0.25, 0.3) is 5.91 Å². The standard InChI is InChI=1S/C16H17N3O2/c1-16(2)11-19(9-3-8-17)15(20)14(16)21-13-6-4-12(10-18)5-7-13/h4-7,14H,3,9,11H2,1-2H3/t14-/m0/s1. The minimum Gasteiger partial charge on any atom is -0.480 e. The SMILES string of the molecule is CC1(C)CN(CCC#N)C(=O)[C@@H]1Oc1ccc(C#N)cc1. The fourth-order valence-corrected chi connectivity index (χ4v) is 2.48. The summed E-state index contributed by atoms with van der Waals surface area (Å²) in [5.74, 6) is 0.488. The lowest BCUT2D eigenvalue weighted by Gasteiger charge is -2.24. The van der Waals surface area contributed by atoms with Crippen LogP contribution in [0.3, 0.4) is 0 Å². The van der Waals surface area contributed by atoms with Gasteiger partial charge in [-0.05, 0) is 24.3 Å². The van der Waals surface area contributed by atoms with E-state index in [1.165, 1.54) is 0 Å². The second-order valence-electron chi connectivity index (χ2n) is 5.79. The predicted octanol–water partition coefficient (Wildman–Crippen LogP) is 2.09. The van der Waals surface area contributed by atoms with Gasteiger partial charge in [0.2, 0.25) is 0 Å². The highest BCUT2D eigenvalue weighted by molar-refractivity contribution is 5.84. The van der Waals surface area contributed by atoms with Crippen LogP contribution in [0.4, 0.5) is 0 Å². The van der Waals surface area contributed by atoms with Gasteiger partial charge in [-0.3, -0.25) is 4.79 Å². The molecule has 1 aliphatic heterocycles. The van der Waals surface area contributed by atoms with Crippen LogP contribution in [0.25, 0.3) is 0 Å². The Bertz CT molecular complexity index is 608. The maximum absolute atomic E-state index is 12.4. The molecule has 1 aromatic carbocycles. The molecule has 0 aliphatic carbocycles. The van der Waals surface area contributed by atoms with Gasteiger partial charge in [0.1, 0.15) is 5.75 Å². The molecule has 1 heterocycles. The van der Waals surface area contributed by atoms with Gasteiger partial charge in [0.05, 0.1) is 24.1 Å². The summed E-state index contributed by atoms with van der Waals surface area (Å²) in [7, 11) is 0. The van der Waals surface area contributed by atoms with Crippen molar-refractivity contribution in [2.75, 3.05) is 13.1 Å². The molecule has 1 fully saturated rings. The first-order valence-corrected chi connectivity index (χ1v) is 6.80. The molecule has 0 spiro atoms. The zero-order valence-corrected chi connectivity index (χ0v) is 12.2. The van der Waals surface area contributed by atoms with Gasteiger partial charge in [-0.2, -0.15) is 10.5 Å². The lowest BCUT2D eigenvalue weighted by atomic mass is 9.89. The Morgan fingerprint density at radius 2 is 2.00 bits per heavy atom. The first kappa shape index (κ1) is 14.9. The van der Waals surface area contributed by atoms with Crippen LogP contribution < -0.4 is 4.74 Å². The Morgan fingerprint density at radius 1 is 1.33 bits per heavy atom. The molecule has 0 unspecified atom stereocenters. The summed E-state index contributed by atoms with van der Waals surface area (Å²) in [4.78, 5) is 14.1. The summed E-state index contributed by atoms with van der Waals surface area (Å²) in [6.07, 6.45) is -0.241. The van der Waals surface area contributed by atoms with E-state index < -0.39 is 6.10 Å². The number of ether oxygens (including phenoxy) is 1. The Morgan fingerprint density at radius 3 is 2.57 bits per heavy atom. The first-order chi connectivity index (χ1) is 9.97. The zero-order valence-electron chi connectivity index (χ0n) is 12.2. The number of nitrogens with zero attached hydrogens (tertiary/aromatic N) is 3. The number of carbonyl (C=O) groups is 1. The van der Waals surface area contributed by atoms with Crippen LogP contribution in [-0.4, -0.2) is 30.0 Å². The summed E-state index contributed by atoms with van der Waals surface area (Å²) in [5.41, 5.74) is 0.232. The van der Waals surface area contributed by atoms with Crippen LogP contribution in [-0.2, 0) is 4.79 Å². The maximum Gasteiger partial charge on any atom is 0.264 e. The number of rotatable bonds is 4. The van der Waals surface area contributed by atoms with Gasteiger partial charge in [-0.15, -0.1) is 0 Å². The number of nitriles is 2. The van der Waals surface area contributed by atoms with Crippen molar-refractivity contribution in [3.8, 4) is 17.9 Å². The van der Waals surface area contributed by atoms with Crippen LogP contribution in [0.5, 0.6) is 5.75 Å². The molecule has 0 N–H and O–H groups in total. The van der Waals surface area contributed by atoms with E-state index in [0.29, 0.717) is 30.8 Å². The van der Waals surface area contributed by atoms with Crippen molar-refractivity contribution < 1.29 is 9.53 Å². The van der Waals surface area contributed by atoms with Gasteiger partial charge in [-0.1, -0.05) is 13.8 Å². The fourth-order valence-electron chi connectivity index (χ4n) is 2.48. The van der Waals surface area contributed by atoms with Crippen molar-refractivity contribution in [3.63, 3.8) is 0 Å². The molecule has 1 saturated heterocycles. The van der Waals surface area contributed by atoms with Crippen molar-refractivity contribution in [1.82, 2.24) is 4.90 Å². The van der Waals surface area contributed by atoms with Crippen LogP contribution in [0.2, 0.25) is 0 Å². The molecular formula is C16H17N3O2. The smallest absolute Gasteiger partial charge is 0.264 e. The van der Waals surface area contributed by atoms with Crippen molar-refractivity contribution in [1.29, 1.82) is 10.5 Å². The predicted molar refractivity (Wildman–Crippen MR) is 76.2 cm³/mol. The Labute approximate surface area is 124 Å². The molecule has 108 valence electrons. The Balaban J connectivity index is 2.12. The minimum atomic E-state index is -0.566. The molecule has 1 aliphatic rings. The van der Waals surface area contributed by atoms with Crippen molar-refractivity contribution >= 4 is 5.91 Å². The zero-order chi connectivity index (χ0) is 15.5. The molecule has 5 nitrogen and oxygen atoms in total. The second kappa shape index (κ2) is 5.85. The van der Waals surface area contributed by atoms with Crippen molar-refractivity contribution in [3.05, 3.63) is 29.8 Å². The molecular weight excluding hydrogens is 266 g/mol. The lowest BCUT2D eigenvalue weighted by Crippen LogP contribution is -2.36. The summed E-state index contributed by atoms with van der Waals surface area (Å²) < 4.78 is 5.83. The van der Waals surface area contributed by atoms with E-state index in [1.807, 2.05) is 19.9 Å². The van der Waals surface area contributed by atoms with E-state index in [0.717, 1.165) is 0 Å². The highest BCUT2D eigenvalue weighted by atomic mass is 16.5. The quantitative estimate of drug-likeness (QED) is 0.847. The summed E-state index contributed by atoms with van der Waals surface area (Å²) in [5, 5.41) is 17.4. The molecule has 5 heteroatoms. The number of benzene rings is 1. The number of carbonyl (C=O) groups excluding carboxylic acids is 1. The molecule has 1 atom stereocenters. The van der Waals surface area contributed by atoms with E-state index >= 15 is 0 Å². The fraction of sp³-hybridized carbons (Fsp3) is 0.438.